The zero-order valence-corrected chi connectivity index (χ0v) is 18.4. The Hall–Kier alpha value is -3.21. The SMILES string of the molecule is C/C(=N/Oc1ncnc(NC2CCN(C(=O)O)CC2)c1C)c1ccc(S(C)(=O)=O)cc1. The van der Waals surface area contributed by atoms with Crippen molar-refractivity contribution in [1.29, 1.82) is 0 Å². The number of carboxylic acid groups (broad SMARTS) is 1. The number of nitrogens with one attached hydrogen (secondary N) is 1. The summed E-state index contributed by atoms with van der Waals surface area (Å²) in [6, 6.07) is 6.49. The number of amides is 1. The lowest BCUT2D eigenvalue weighted by molar-refractivity contribution is 0.133. The van der Waals surface area contributed by atoms with Crippen molar-refractivity contribution in [3.05, 3.63) is 41.7 Å². The minimum atomic E-state index is -3.26. The third-order valence-electron chi connectivity index (χ3n) is 5.11. The quantitative estimate of drug-likeness (QED) is 0.510. The van der Waals surface area contributed by atoms with E-state index in [1.807, 2.05) is 6.92 Å². The van der Waals surface area contributed by atoms with Crippen molar-refractivity contribution >= 4 is 27.5 Å². The number of likely N-dealkylation sites (tertiary alicyclic amines) is 1. The van der Waals surface area contributed by atoms with Gasteiger partial charge in [0.1, 0.15) is 12.1 Å². The molecule has 31 heavy (non-hydrogen) atoms. The number of oxime groups is 1. The van der Waals surface area contributed by atoms with Crippen molar-refractivity contribution in [1.82, 2.24) is 14.9 Å². The second-order valence-electron chi connectivity index (χ2n) is 7.41. The molecule has 2 N–H and O–H groups in total. The fourth-order valence-electron chi connectivity index (χ4n) is 3.19. The fraction of sp³-hybridized carbons (Fsp3) is 0.400. The molecule has 0 aliphatic carbocycles. The highest BCUT2D eigenvalue weighted by Gasteiger charge is 2.23. The Kier molecular flexibility index (Phi) is 6.74. The van der Waals surface area contributed by atoms with Gasteiger partial charge >= 0.3 is 6.09 Å². The van der Waals surface area contributed by atoms with Crippen LogP contribution in [0.2, 0.25) is 0 Å². The predicted octanol–water partition coefficient (Wildman–Crippen LogP) is 2.55. The molecule has 1 aromatic heterocycles. The molecule has 0 unspecified atom stereocenters. The largest absolute Gasteiger partial charge is 0.465 e. The molecule has 0 bridgehead atoms. The van der Waals surface area contributed by atoms with Crippen LogP contribution in [0.15, 0.2) is 40.6 Å². The summed E-state index contributed by atoms with van der Waals surface area (Å²) in [5.41, 5.74) is 1.98. The van der Waals surface area contributed by atoms with E-state index in [2.05, 4.69) is 20.4 Å². The summed E-state index contributed by atoms with van der Waals surface area (Å²) in [4.78, 5) is 26.6. The van der Waals surface area contributed by atoms with E-state index in [9.17, 15) is 13.2 Å². The average molecular weight is 448 g/mol. The van der Waals surface area contributed by atoms with Gasteiger partial charge in [-0.3, -0.25) is 0 Å². The van der Waals surface area contributed by atoms with Crippen LogP contribution in [0.1, 0.15) is 30.9 Å². The topological polar surface area (TPSA) is 134 Å². The normalized spacial score (nSPS) is 15.6. The van der Waals surface area contributed by atoms with Gasteiger partial charge in [-0.2, -0.15) is 4.98 Å². The Labute approximate surface area is 180 Å². The number of carbonyl (C=O) groups is 1. The van der Waals surface area contributed by atoms with Gasteiger partial charge in [0, 0.05) is 25.4 Å². The summed E-state index contributed by atoms with van der Waals surface area (Å²) in [6.07, 6.45) is 3.01. The summed E-state index contributed by atoms with van der Waals surface area (Å²) in [5.74, 6) is 0.914. The first-order chi connectivity index (χ1) is 14.6. The highest BCUT2D eigenvalue weighted by atomic mass is 32.2. The van der Waals surface area contributed by atoms with Crippen molar-refractivity contribution in [2.75, 3.05) is 24.7 Å². The van der Waals surface area contributed by atoms with Gasteiger partial charge in [0.25, 0.3) is 5.88 Å². The first kappa shape index (κ1) is 22.5. The second kappa shape index (κ2) is 9.29. The molecule has 0 radical (unpaired) electrons. The van der Waals surface area contributed by atoms with Gasteiger partial charge in [0.05, 0.1) is 16.2 Å². The van der Waals surface area contributed by atoms with Gasteiger partial charge in [-0.1, -0.05) is 17.3 Å². The predicted molar refractivity (Wildman–Crippen MR) is 115 cm³/mol. The minimum absolute atomic E-state index is 0.107. The van der Waals surface area contributed by atoms with Crippen LogP contribution >= 0.6 is 0 Å². The van der Waals surface area contributed by atoms with Crippen LogP contribution in [0.4, 0.5) is 10.6 Å². The molecular formula is C20H25N5O5S. The molecule has 1 aliphatic heterocycles. The van der Waals surface area contributed by atoms with Gasteiger partial charge in [0.15, 0.2) is 9.84 Å². The number of sulfone groups is 1. The first-order valence-electron chi connectivity index (χ1n) is 9.73. The lowest BCUT2D eigenvalue weighted by atomic mass is 10.1. The van der Waals surface area contributed by atoms with Crippen LogP contribution in [0, 0.1) is 6.92 Å². The molecule has 1 amide bonds. The second-order valence-corrected chi connectivity index (χ2v) is 9.42. The molecule has 2 aromatic rings. The highest BCUT2D eigenvalue weighted by Crippen LogP contribution is 2.24. The number of hydrogen-bond acceptors (Lipinski definition) is 8. The number of aromatic nitrogens is 2. The number of piperidine rings is 1. The van der Waals surface area contributed by atoms with Crippen LogP contribution in [-0.4, -0.2) is 65.6 Å². The van der Waals surface area contributed by atoms with E-state index < -0.39 is 15.9 Å². The molecule has 3 rings (SSSR count). The molecule has 0 spiro atoms. The van der Waals surface area contributed by atoms with E-state index in [4.69, 9.17) is 9.94 Å². The third kappa shape index (κ3) is 5.69. The van der Waals surface area contributed by atoms with E-state index in [1.54, 1.807) is 19.1 Å². The van der Waals surface area contributed by atoms with E-state index >= 15 is 0 Å². The van der Waals surface area contributed by atoms with E-state index in [1.165, 1.54) is 23.4 Å². The molecule has 1 fully saturated rings. The van der Waals surface area contributed by atoms with Crippen LogP contribution in [-0.2, 0) is 9.84 Å². The summed E-state index contributed by atoms with van der Waals surface area (Å²) in [7, 11) is -3.26. The highest BCUT2D eigenvalue weighted by molar-refractivity contribution is 7.90. The molecule has 2 heterocycles. The number of hydrogen-bond donors (Lipinski definition) is 2. The van der Waals surface area contributed by atoms with Crippen LogP contribution < -0.4 is 10.2 Å². The smallest absolute Gasteiger partial charge is 0.407 e. The lowest BCUT2D eigenvalue weighted by Gasteiger charge is -2.31. The maximum absolute atomic E-state index is 11.6. The standard InChI is InChI=1S/C20H25N5O5S/c1-13-18(23-16-8-10-25(11-9-16)20(26)27)21-12-22-19(13)30-24-14(2)15-4-6-17(7-5-15)31(3,28)29/h4-7,12,16H,8-11H2,1-3H3,(H,26,27)(H,21,22,23)/b24-14-. The van der Waals surface area contributed by atoms with Gasteiger partial charge < -0.3 is 20.2 Å². The van der Waals surface area contributed by atoms with E-state index in [-0.39, 0.29) is 10.9 Å². The molecule has 1 saturated heterocycles. The third-order valence-corrected chi connectivity index (χ3v) is 6.24. The summed E-state index contributed by atoms with van der Waals surface area (Å²) in [6.45, 7) is 4.52. The molecule has 166 valence electrons. The van der Waals surface area contributed by atoms with Crippen molar-refractivity contribution in [3.8, 4) is 5.88 Å². The van der Waals surface area contributed by atoms with E-state index in [0.717, 1.165) is 11.8 Å². The number of anilines is 1. The van der Waals surface area contributed by atoms with Crippen molar-refractivity contribution < 1.29 is 23.2 Å². The Morgan fingerprint density at radius 2 is 1.87 bits per heavy atom. The Balaban J connectivity index is 1.66. The van der Waals surface area contributed by atoms with Crippen LogP contribution in [0.25, 0.3) is 0 Å². The molecule has 1 aromatic carbocycles. The molecule has 0 saturated carbocycles. The Morgan fingerprint density at radius 3 is 2.45 bits per heavy atom. The zero-order chi connectivity index (χ0) is 22.6. The molecule has 11 heteroatoms. The average Bonchev–Trinajstić information content (AvgIpc) is 2.74. The number of nitrogens with zero attached hydrogens (tertiary/aromatic N) is 4. The van der Waals surface area contributed by atoms with Crippen molar-refractivity contribution in [2.24, 2.45) is 5.16 Å². The lowest BCUT2D eigenvalue weighted by Crippen LogP contribution is -2.41. The maximum Gasteiger partial charge on any atom is 0.407 e. The fourth-order valence-corrected chi connectivity index (χ4v) is 3.82. The maximum atomic E-state index is 11.6. The van der Waals surface area contributed by atoms with Gasteiger partial charge in [-0.05, 0) is 44.4 Å². The van der Waals surface area contributed by atoms with E-state index in [0.29, 0.717) is 48.9 Å². The molecular weight excluding hydrogens is 422 g/mol. The molecule has 10 nitrogen and oxygen atoms in total. The molecule has 0 atom stereocenters. The summed E-state index contributed by atoms with van der Waals surface area (Å²) >= 11 is 0. The van der Waals surface area contributed by atoms with Gasteiger partial charge in [-0.15, -0.1) is 0 Å². The number of rotatable bonds is 6. The Morgan fingerprint density at radius 1 is 1.23 bits per heavy atom. The van der Waals surface area contributed by atoms with Crippen LogP contribution in [0.3, 0.4) is 0 Å². The monoisotopic (exact) mass is 447 g/mol. The first-order valence-corrected chi connectivity index (χ1v) is 11.6. The Bertz CT molecular complexity index is 1080. The zero-order valence-electron chi connectivity index (χ0n) is 17.6. The summed E-state index contributed by atoms with van der Waals surface area (Å²) < 4.78 is 23.2. The molecule has 1 aliphatic rings. The summed E-state index contributed by atoms with van der Waals surface area (Å²) in [5, 5.41) is 16.5. The van der Waals surface area contributed by atoms with Crippen molar-refractivity contribution in [2.45, 2.75) is 37.6 Å². The van der Waals surface area contributed by atoms with Crippen molar-refractivity contribution in [3.63, 3.8) is 0 Å². The van der Waals surface area contributed by atoms with Gasteiger partial charge in [-0.25, -0.2) is 18.2 Å². The minimum Gasteiger partial charge on any atom is -0.465 e. The number of benzene rings is 1. The van der Waals surface area contributed by atoms with Crippen LogP contribution in [0.5, 0.6) is 5.88 Å². The van der Waals surface area contributed by atoms with Gasteiger partial charge in [0.2, 0.25) is 0 Å².